The molecule has 1 aromatic carbocycles. The Morgan fingerprint density at radius 1 is 1.57 bits per heavy atom. The highest BCUT2D eigenvalue weighted by molar-refractivity contribution is 7.99. The fourth-order valence-electron chi connectivity index (χ4n) is 2.30. The monoisotopic (exact) mass is 312 g/mol. The Bertz CT molecular complexity index is 499. The molecule has 0 saturated carbocycles. The number of rotatable bonds is 5. The number of hydrogen-bond acceptors (Lipinski definition) is 3. The van der Waals surface area contributed by atoms with Gasteiger partial charge in [0.1, 0.15) is 5.82 Å². The normalized spacial score (nSPS) is 18.7. The molecule has 0 saturated heterocycles. The second-order valence-corrected chi connectivity index (χ2v) is 6.20. The van der Waals surface area contributed by atoms with Gasteiger partial charge in [-0.3, -0.25) is 0 Å². The topological polar surface area (TPSA) is 61.4 Å². The lowest BCUT2D eigenvalue weighted by atomic mass is 10.0. The Balaban J connectivity index is 1.90. The van der Waals surface area contributed by atoms with E-state index in [1.54, 1.807) is 6.07 Å². The standard InChI is InChI=1S/C15H21FN2O2S/c1-2-10(19)6-8-17-15(20)18-13-7-9-21-14-11(13)4-3-5-12(14)16/h3-5,10,13,19H,2,6-9H2,1H3,(H2,17,18,20). The van der Waals surface area contributed by atoms with Gasteiger partial charge in [-0.25, -0.2) is 9.18 Å². The average Bonchev–Trinajstić information content (AvgIpc) is 2.48. The van der Waals surface area contributed by atoms with Gasteiger partial charge in [0.15, 0.2) is 0 Å². The van der Waals surface area contributed by atoms with E-state index < -0.39 is 0 Å². The average molecular weight is 312 g/mol. The van der Waals surface area contributed by atoms with E-state index in [0.29, 0.717) is 24.3 Å². The van der Waals surface area contributed by atoms with Crippen molar-refractivity contribution in [3.8, 4) is 0 Å². The highest BCUT2D eigenvalue weighted by Gasteiger charge is 2.24. The molecule has 0 fully saturated rings. The molecule has 1 heterocycles. The zero-order valence-electron chi connectivity index (χ0n) is 12.1. The molecule has 0 bridgehead atoms. The van der Waals surface area contributed by atoms with Crippen LogP contribution in [0.15, 0.2) is 23.1 Å². The van der Waals surface area contributed by atoms with Gasteiger partial charge >= 0.3 is 6.03 Å². The molecule has 1 aromatic rings. The number of carbonyl (C=O) groups excluding carboxylic acids is 1. The minimum atomic E-state index is -0.383. The lowest BCUT2D eigenvalue weighted by Gasteiger charge is -2.26. The van der Waals surface area contributed by atoms with Gasteiger partial charge in [0.2, 0.25) is 0 Å². The molecule has 3 N–H and O–H groups in total. The van der Waals surface area contributed by atoms with Gasteiger partial charge in [0, 0.05) is 17.2 Å². The van der Waals surface area contributed by atoms with Crippen molar-refractivity contribution in [3.63, 3.8) is 0 Å². The molecule has 0 spiro atoms. The van der Waals surface area contributed by atoms with Crippen molar-refractivity contribution in [1.29, 1.82) is 0 Å². The van der Waals surface area contributed by atoms with Crippen LogP contribution in [-0.2, 0) is 0 Å². The van der Waals surface area contributed by atoms with Crippen LogP contribution in [0.3, 0.4) is 0 Å². The van der Waals surface area contributed by atoms with Crippen molar-refractivity contribution in [2.45, 2.75) is 43.2 Å². The Morgan fingerprint density at radius 3 is 3.14 bits per heavy atom. The summed E-state index contributed by atoms with van der Waals surface area (Å²) in [7, 11) is 0. The highest BCUT2D eigenvalue weighted by Crippen LogP contribution is 2.37. The van der Waals surface area contributed by atoms with Crippen LogP contribution >= 0.6 is 11.8 Å². The van der Waals surface area contributed by atoms with Crippen LogP contribution in [0, 0.1) is 5.82 Å². The molecule has 6 heteroatoms. The molecule has 1 aliphatic heterocycles. The minimum Gasteiger partial charge on any atom is -0.393 e. The zero-order chi connectivity index (χ0) is 15.2. The van der Waals surface area contributed by atoms with E-state index in [2.05, 4.69) is 10.6 Å². The maximum atomic E-state index is 13.7. The number of fused-ring (bicyclic) bond motifs is 1. The van der Waals surface area contributed by atoms with Gasteiger partial charge in [-0.1, -0.05) is 19.1 Å². The Hall–Kier alpha value is -1.27. The van der Waals surface area contributed by atoms with E-state index in [4.69, 9.17) is 0 Å². The van der Waals surface area contributed by atoms with E-state index in [9.17, 15) is 14.3 Å². The fourth-order valence-corrected chi connectivity index (χ4v) is 3.44. The van der Waals surface area contributed by atoms with E-state index in [-0.39, 0.29) is 24.0 Å². The van der Waals surface area contributed by atoms with Crippen LogP contribution in [0.5, 0.6) is 0 Å². The van der Waals surface area contributed by atoms with E-state index in [1.165, 1.54) is 17.8 Å². The number of nitrogens with one attached hydrogen (secondary N) is 2. The van der Waals surface area contributed by atoms with Gasteiger partial charge < -0.3 is 15.7 Å². The van der Waals surface area contributed by atoms with Gasteiger partial charge in [0.05, 0.1) is 12.1 Å². The van der Waals surface area contributed by atoms with Crippen molar-refractivity contribution in [1.82, 2.24) is 10.6 Å². The van der Waals surface area contributed by atoms with Gasteiger partial charge in [-0.05, 0) is 30.9 Å². The summed E-state index contributed by atoms with van der Waals surface area (Å²) in [6.07, 6.45) is 1.61. The molecule has 2 rings (SSSR count). The molecule has 4 nitrogen and oxygen atoms in total. The highest BCUT2D eigenvalue weighted by atomic mass is 32.2. The largest absolute Gasteiger partial charge is 0.393 e. The van der Waals surface area contributed by atoms with Gasteiger partial charge in [0.25, 0.3) is 0 Å². The van der Waals surface area contributed by atoms with Crippen LogP contribution in [0.1, 0.15) is 37.8 Å². The Morgan fingerprint density at radius 2 is 2.38 bits per heavy atom. The summed E-state index contributed by atoms with van der Waals surface area (Å²) < 4.78 is 13.7. The molecule has 0 aliphatic carbocycles. The molecule has 0 radical (unpaired) electrons. The summed E-state index contributed by atoms with van der Waals surface area (Å²) in [5, 5.41) is 15.0. The maximum Gasteiger partial charge on any atom is 0.315 e. The van der Waals surface area contributed by atoms with E-state index in [1.807, 2.05) is 13.0 Å². The third-order valence-electron chi connectivity index (χ3n) is 3.57. The predicted octanol–water partition coefficient (Wildman–Crippen LogP) is 2.82. The molecule has 2 atom stereocenters. The third kappa shape index (κ3) is 4.35. The van der Waals surface area contributed by atoms with Crippen molar-refractivity contribution < 1.29 is 14.3 Å². The predicted molar refractivity (Wildman–Crippen MR) is 81.9 cm³/mol. The lowest BCUT2D eigenvalue weighted by molar-refractivity contribution is 0.160. The van der Waals surface area contributed by atoms with Crippen LogP contribution in [-0.4, -0.2) is 29.5 Å². The first-order chi connectivity index (χ1) is 10.1. The second kappa shape index (κ2) is 7.66. The smallest absolute Gasteiger partial charge is 0.315 e. The number of amides is 2. The number of aliphatic hydroxyl groups excluding tert-OH is 1. The number of hydrogen-bond donors (Lipinski definition) is 3. The lowest BCUT2D eigenvalue weighted by Crippen LogP contribution is -2.40. The van der Waals surface area contributed by atoms with Crippen LogP contribution < -0.4 is 10.6 Å². The first kappa shape index (κ1) is 16.1. The molecular formula is C15H21FN2O2S. The zero-order valence-corrected chi connectivity index (χ0v) is 12.9. The summed E-state index contributed by atoms with van der Waals surface area (Å²) in [5.74, 6) is 0.559. The van der Waals surface area contributed by atoms with Crippen LogP contribution in [0.4, 0.5) is 9.18 Å². The second-order valence-electron chi connectivity index (χ2n) is 5.10. The molecule has 116 valence electrons. The first-order valence-corrected chi connectivity index (χ1v) is 8.24. The number of urea groups is 1. The summed E-state index contributed by atoms with van der Waals surface area (Å²) in [5.41, 5.74) is 0.843. The molecule has 2 amide bonds. The molecule has 0 aromatic heterocycles. The fraction of sp³-hybridized carbons (Fsp3) is 0.533. The number of carbonyl (C=O) groups is 1. The van der Waals surface area contributed by atoms with E-state index >= 15 is 0 Å². The Labute approximate surface area is 128 Å². The van der Waals surface area contributed by atoms with Crippen LogP contribution in [0.25, 0.3) is 0 Å². The SMILES string of the molecule is CCC(O)CCNC(=O)NC1CCSc2c(F)cccc21. The Kier molecular flexibility index (Phi) is 5.87. The molecule has 2 unspecified atom stereocenters. The van der Waals surface area contributed by atoms with Crippen molar-refractivity contribution in [2.24, 2.45) is 0 Å². The number of aliphatic hydroxyl groups is 1. The third-order valence-corrected chi connectivity index (χ3v) is 4.72. The molecule has 21 heavy (non-hydrogen) atoms. The summed E-state index contributed by atoms with van der Waals surface area (Å²) in [6.45, 7) is 2.33. The minimum absolute atomic E-state index is 0.159. The summed E-state index contributed by atoms with van der Waals surface area (Å²) >= 11 is 1.49. The maximum absolute atomic E-state index is 13.7. The molecule has 1 aliphatic rings. The van der Waals surface area contributed by atoms with Crippen LogP contribution in [0.2, 0.25) is 0 Å². The number of benzene rings is 1. The van der Waals surface area contributed by atoms with Crippen molar-refractivity contribution >= 4 is 17.8 Å². The summed E-state index contributed by atoms with van der Waals surface area (Å²) in [4.78, 5) is 12.5. The first-order valence-electron chi connectivity index (χ1n) is 7.25. The summed E-state index contributed by atoms with van der Waals surface area (Å²) in [6, 6.07) is 4.54. The number of halogens is 1. The van der Waals surface area contributed by atoms with Gasteiger partial charge in [-0.2, -0.15) is 0 Å². The van der Waals surface area contributed by atoms with Gasteiger partial charge in [-0.15, -0.1) is 11.8 Å². The number of thioether (sulfide) groups is 1. The quantitative estimate of drug-likeness (QED) is 0.783. The molecular weight excluding hydrogens is 291 g/mol. The van der Waals surface area contributed by atoms with Crippen molar-refractivity contribution in [2.75, 3.05) is 12.3 Å². The van der Waals surface area contributed by atoms with E-state index in [0.717, 1.165) is 17.7 Å². The van der Waals surface area contributed by atoms with Crippen molar-refractivity contribution in [3.05, 3.63) is 29.6 Å².